The van der Waals surface area contributed by atoms with Crippen LogP contribution in [-0.2, 0) is 14.3 Å². The molecule has 0 saturated heterocycles. The minimum absolute atomic E-state index is 0.0146. The van der Waals surface area contributed by atoms with Gasteiger partial charge in [0.25, 0.3) is 5.91 Å². The van der Waals surface area contributed by atoms with E-state index in [4.69, 9.17) is 21.0 Å². The number of amides is 1. The predicted octanol–water partition coefficient (Wildman–Crippen LogP) is 1.92. The van der Waals surface area contributed by atoms with E-state index in [1.54, 1.807) is 7.05 Å². The number of aliphatic hydroxyl groups excluding tert-OH is 1. The number of rotatable bonds is 7. The highest BCUT2D eigenvalue weighted by atomic mass is 16.7. The van der Waals surface area contributed by atoms with Gasteiger partial charge in [-0.2, -0.15) is 0 Å². The summed E-state index contributed by atoms with van der Waals surface area (Å²) in [6.07, 6.45) is 8.77. The minimum Gasteiger partial charge on any atom is -0.459 e. The van der Waals surface area contributed by atoms with Crippen molar-refractivity contribution in [3.8, 4) is 12.3 Å². The molecule has 1 amide bonds. The maximum absolute atomic E-state index is 11.9. The quantitative estimate of drug-likeness (QED) is 0.592. The first-order chi connectivity index (χ1) is 11.7. The number of carbonyl (C=O) groups is 1. The number of ether oxygens (including phenoxy) is 2. The van der Waals surface area contributed by atoms with Gasteiger partial charge in [-0.25, -0.2) is 0 Å². The fourth-order valence-electron chi connectivity index (χ4n) is 2.53. The average molecular weight is 329 g/mol. The molecule has 0 aromatic heterocycles. The number of allylic oxidation sites excluding steroid dienone is 1. The maximum atomic E-state index is 11.9. The fraction of sp³-hybridized carbons (Fsp3) is 0.421. The Morgan fingerprint density at radius 2 is 2.17 bits per heavy atom. The van der Waals surface area contributed by atoms with Crippen molar-refractivity contribution in [2.24, 2.45) is 0 Å². The van der Waals surface area contributed by atoms with Crippen LogP contribution >= 0.6 is 0 Å². The third-order valence-electron chi connectivity index (χ3n) is 3.87. The van der Waals surface area contributed by atoms with Gasteiger partial charge in [-0.3, -0.25) is 4.79 Å². The molecule has 24 heavy (non-hydrogen) atoms. The number of benzene rings is 1. The molecular weight excluding hydrogens is 306 g/mol. The van der Waals surface area contributed by atoms with Gasteiger partial charge in [-0.1, -0.05) is 18.1 Å². The average Bonchev–Trinajstić information content (AvgIpc) is 2.64. The first-order valence-corrected chi connectivity index (χ1v) is 8.07. The molecule has 0 radical (unpaired) electrons. The Kier molecular flexibility index (Phi) is 6.86. The largest absolute Gasteiger partial charge is 0.459 e. The summed E-state index contributed by atoms with van der Waals surface area (Å²) in [4.78, 5) is 11.9. The Balaban J connectivity index is 2.11. The smallest absolute Gasteiger partial charge is 0.285 e. The van der Waals surface area contributed by atoms with E-state index in [1.165, 1.54) is 0 Å². The van der Waals surface area contributed by atoms with E-state index in [9.17, 15) is 4.79 Å². The number of terminal acetylenes is 1. The second-order valence-electron chi connectivity index (χ2n) is 5.57. The lowest BCUT2D eigenvalue weighted by Crippen LogP contribution is -2.31. The zero-order chi connectivity index (χ0) is 17.4. The van der Waals surface area contributed by atoms with Crippen LogP contribution in [0.25, 0.3) is 0 Å². The molecule has 0 aliphatic carbocycles. The summed E-state index contributed by atoms with van der Waals surface area (Å²) >= 11 is 0. The van der Waals surface area contributed by atoms with Gasteiger partial charge in [-0.05, 0) is 36.6 Å². The molecule has 5 nitrogen and oxygen atoms in total. The molecule has 2 atom stereocenters. The molecule has 0 fully saturated rings. The van der Waals surface area contributed by atoms with Gasteiger partial charge < -0.3 is 19.9 Å². The van der Waals surface area contributed by atoms with Crippen LogP contribution in [0.2, 0.25) is 0 Å². The summed E-state index contributed by atoms with van der Waals surface area (Å²) in [5.74, 6) is 2.60. The van der Waals surface area contributed by atoms with Crippen molar-refractivity contribution in [2.45, 2.75) is 31.5 Å². The van der Waals surface area contributed by atoms with E-state index in [0.29, 0.717) is 19.4 Å². The molecule has 2 N–H and O–H groups in total. The fourth-order valence-corrected chi connectivity index (χ4v) is 2.53. The van der Waals surface area contributed by atoms with E-state index in [-0.39, 0.29) is 24.2 Å². The lowest BCUT2D eigenvalue weighted by atomic mass is 9.92. The number of hydrogen-bond acceptors (Lipinski definition) is 4. The zero-order valence-electron chi connectivity index (χ0n) is 13.8. The number of hydrogen-bond donors (Lipinski definition) is 2. The van der Waals surface area contributed by atoms with Crippen molar-refractivity contribution in [3.63, 3.8) is 0 Å². The predicted molar refractivity (Wildman–Crippen MR) is 91.0 cm³/mol. The number of nitrogens with one attached hydrogen (secondary N) is 1. The van der Waals surface area contributed by atoms with Crippen molar-refractivity contribution in [1.29, 1.82) is 0 Å². The molecule has 0 bridgehead atoms. The van der Waals surface area contributed by atoms with Crippen LogP contribution in [0.3, 0.4) is 0 Å². The monoisotopic (exact) mass is 329 g/mol. The molecule has 2 rings (SSSR count). The highest BCUT2D eigenvalue weighted by molar-refractivity contribution is 5.91. The first kappa shape index (κ1) is 18.1. The van der Waals surface area contributed by atoms with Gasteiger partial charge in [0.2, 0.25) is 6.29 Å². The third kappa shape index (κ3) is 4.85. The molecule has 1 aromatic carbocycles. The van der Waals surface area contributed by atoms with E-state index >= 15 is 0 Å². The summed E-state index contributed by atoms with van der Waals surface area (Å²) in [5, 5.41) is 11.4. The molecule has 1 heterocycles. The van der Waals surface area contributed by atoms with Crippen molar-refractivity contribution in [3.05, 3.63) is 47.2 Å². The van der Waals surface area contributed by atoms with E-state index in [1.807, 2.05) is 30.3 Å². The van der Waals surface area contributed by atoms with Crippen molar-refractivity contribution >= 4 is 5.91 Å². The van der Waals surface area contributed by atoms with Crippen LogP contribution < -0.4 is 5.32 Å². The topological polar surface area (TPSA) is 67.8 Å². The summed E-state index contributed by atoms with van der Waals surface area (Å²) in [6.45, 7) is 0.622. The first-order valence-electron chi connectivity index (χ1n) is 8.07. The van der Waals surface area contributed by atoms with Crippen LogP contribution in [0.1, 0.15) is 36.3 Å². The van der Waals surface area contributed by atoms with Crippen molar-refractivity contribution in [1.82, 2.24) is 5.32 Å². The summed E-state index contributed by atoms with van der Waals surface area (Å²) < 4.78 is 11.4. The van der Waals surface area contributed by atoms with Gasteiger partial charge >= 0.3 is 0 Å². The maximum Gasteiger partial charge on any atom is 0.285 e. The van der Waals surface area contributed by atoms with Gasteiger partial charge in [0.1, 0.15) is 0 Å². The molecule has 1 aliphatic heterocycles. The Labute approximate surface area is 142 Å². The van der Waals surface area contributed by atoms with Crippen molar-refractivity contribution < 1.29 is 19.4 Å². The summed E-state index contributed by atoms with van der Waals surface area (Å²) in [6, 6.07) is 7.70. The van der Waals surface area contributed by atoms with E-state index in [2.05, 4.69) is 11.2 Å². The molecule has 128 valence electrons. The Hall–Kier alpha value is -2.29. The van der Waals surface area contributed by atoms with Gasteiger partial charge in [0.05, 0.1) is 6.61 Å². The number of likely N-dealkylation sites (N-methyl/N-ethyl adjacent to an activating group) is 1. The Bertz CT molecular complexity index is 615. The summed E-state index contributed by atoms with van der Waals surface area (Å²) in [7, 11) is 1.56. The molecule has 1 aromatic rings. The van der Waals surface area contributed by atoms with E-state index in [0.717, 1.165) is 17.5 Å². The Morgan fingerprint density at radius 1 is 1.42 bits per heavy atom. The van der Waals surface area contributed by atoms with Crippen LogP contribution in [0, 0.1) is 12.3 Å². The highest BCUT2D eigenvalue weighted by Crippen LogP contribution is 2.31. The molecule has 0 saturated carbocycles. The molecular formula is C19H23NO4. The zero-order valence-corrected chi connectivity index (χ0v) is 13.8. The van der Waals surface area contributed by atoms with Gasteiger partial charge in [0, 0.05) is 31.6 Å². The Morgan fingerprint density at radius 3 is 2.79 bits per heavy atom. The lowest BCUT2D eigenvalue weighted by molar-refractivity contribution is -0.146. The van der Waals surface area contributed by atoms with Gasteiger partial charge in [0.15, 0.2) is 5.76 Å². The van der Waals surface area contributed by atoms with E-state index < -0.39 is 6.29 Å². The van der Waals surface area contributed by atoms with Crippen LogP contribution in [-0.4, -0.2) is 37.6 Å². The molecule has 0 unspecified atom stereocenters. The third-order valence-corrected chi connectivity index (χ3v) is 3.87. The second-order valence-corrected chi connectivity index (χ2v) is 5.57. The van der Waals surface area contributed by atoms with Crippen LogP contribution in [0.5, 0.6) is 0 Å². The molecule has 5 heteroatoms. The number of unbranched alkanes of at least 4 members (excludes halogenated alkanes) is 1. The normalized spacial score (nSPS) is 19.8. The van der Waals surface area contributed by atoms with Crippen LogP contribution in [0.4, 0.5) is 0 Å². The standard InChI is InChI=1S/C19H23NO4/c1-3-14-6-8-15(9-7-14)16-12-17(19(22)20-2)24-18(13-16)23-11-5-4-10-21/h1,6-9,12,16,18,21H,4-5,10-11,13H2,2H3,(H,20,22)/t16-,18+/m1/s1. The highest BCUT2D eigenvalue weighted by Gasteiger charge is 2.28. The van der Waals surface area contributed by atoms with Gasteiger partial charge in [-0.15, -0.1) is 6.42 Å². The minimum atomic E-state index is -0.488. The van der Waals surface area contributed by atoms with Crippen LogP contribution in [0.15, 0.2) is 36.1 Å². The molecule has 0 spiro atoms. The van der Waals surface area contributed by atoms with Crippen molar-refractivity contribution in [2.75, 3.05) is 20.3 Å². The SMILES string of the molecule is C#Cc1ccc([C@@H]2C=C(C(=O)NC)O[C@H](OCCCCO)C2)cc1. The lowest BCUT2D eigenvalue weighted by Gasteiger charge is -2.29. The molecule has 1 aliphatic rings. The summed E-state index contributed by atoms with van der Waals surface area (Å²) in [5.41, 5.74) is 1.88. The number of aliphatic hydroxyl groups is 1. The number of carbonyl (C=O) groups excluding carboxylic acids is 1. The second kappa shape index (κ2) is 9.11.